The number of benzene rings is 2. The van der Waals surface area contributed by atoms with Crippen molar-refractivity contribution in [3.05, 3.63) is 60.7 Å². The molecule has 2 aromatic carbocycles. The second kappa shape index (κ2) is 12.2. The van der Waals surface area contributed by atoms with Crippen molar-refractivity contribution in [3.63, 3.8) is 0 Å². The Morgan fingerprint density at radius 2 is 1.35 bits per heavy atom. The topological polar surface area (TPSA) is 35.5 Å². The first-order chi connectivity index (χ1) is 14.9. The molecule has 0 heterocycles. The minimum absolute atomic E-state index is 0.0335. The summed E-state index contributed by atoms with van der Waals surface area (Å²) in [5.74, 6) is 12.0. The van der Waals surface area contributed by atoms with Gasteiger partial charge in [-0.1, -0.05) is 99.2 Å². The fourth-order valence-electron chi connectivity index (χ4n) is 3.63. The van der Waals surface area contributed by atoms with Crippen LogP contribution in [0.25, 0.3) is 0 Å². The lowest BCUT2D eigenvalue weighted by Gasteiger charge is -2.43. The molecule has 2 rings (SSSR count). The molecule has 162 valence electrons. The predicted molar refractivity (Wildman–Crippen MR) is 130 cm³/mol. The lowest BCUT2D eigenvalue weighted by atomic mass is 10.2. The summed E-state index contributed by atoms with van der Waals surface area (Å²) in [5.41, 5.74) is 0. The first-order valence-electron chi connectivity index (χ1n) is 10.6. The van der Waals surface area contributed by atoms with E-state index in [9.17, 15) is 4.79 Å². The van der Waals surface area contributed by atoms with Crippen LogP contribution in [-0.4, -0.2) is 28.0 Å². The zero-order chi connectivity index (χ0) is 22.6. The molecule has 0 saturated heterocycles. The summed E-state index contributed by atoms with van der Waals surface area (Å²) in [5, 5.41) is 2.52. The van der Waals surface area contributed by atoms with Crippen molar-refractivity contribution in [2.24, 2.45) is 0 Å². The van der Waals surface area contributed by atoms with E-state index in [1.165, 1.54) is 17.5 Å². The van der Waals surface area contributed by atoms with Gasteiger partial charge in [-0.2, -0.15) is 0 Å². The van der Waals surface area contributed by atoms with Gasteiger partial charge in [0.15, 0.2) is 0 Å². The lowest BCUT2D eigenvalue weighted by Crippen LogP contribution is -2.66. The van der Waals surface area contributed by atoms with E-state index in [1.54, 1.807) is 0 Å². The fourth-order valence-corrected chi connectivity index (χ4v) is 8.19. The van der Waals surface area contributed by atoms with Crippen LogP contribution >= 0.6 is 0 Å². The first kappa shape index (κ1) is 24.5. The number of ether oxygens (including phenoxy) is 1. The molecule has 0 fully saturated rings. The Morgan fingerprint density at radius 3 is 1.84 bits per heavy atom. The molecule has 0 aliphatic heterocycles. The van der Waals surface area contributed by atoms with Gasteiger partial charge in [0.2, 0.25) is 0 Å². The molecule has 0 bridgehead atoms. The molecule has 0 unspecified atom stereocenters. The highest BCUT2D eigenvalue weighted by atomic mass is 28.4. The second-order valence-electron chi connectivity index (χ2n) is 8.22. The summed E-state index contributed by atoms with van der Waals surface area (Å²) in [6.07, 6.45) is 1.99. The largest absolute Gasteiger partial charge is 0.469 e. The molecule has 4 heteroatoms. The number of hydrogen-bond donors (Lipinski definition) is 0. The van der Waals surface area contributed by atoms with Crippen LogP contribution in [0.15, 0.2) is 60.7 Å². The number of esters is 1. The number of methoxy groups -OCH3 is 1. The van der Waals surface area contributed by atoms with Crippen molar-refractivity contribution in [1.82, 2.24) is 0 Å². The normalized spacial score (nSPS) is 11.0. The summed E-state index contributed by atoms with van der Waals surface area (Å²) in [6.45, 7) is 7.40. The van der Waals surface area contributed by atoms with Crippen LogP contribution in [-0.2, 0) is 14.0 Å². The van der Waals surface area contributed by atoms with Gasteiger partial charge in [0.05, 0.1) is 20.0 Å². The smallest absolute Gasteiger partial charge is 0.306 e. The van der Waals surface area contributed by atoms with Crippen LogP contribution < -0.4 is 10.4 Å². The van der Waals surface area contributed by atoms with Gasteiger partial charge in [0, 0.05) is 19.4 Å². The first-order valence-corrected chi connectivity index (χ1v) is 12.6. The van der Waals surface area contributed by atoms with E-state index >= 15 is 0 Å². The van der Waals surface area contributed by atoms with Crippen LogP contribution in [0.5, 0.6) is 0 Å². The van der Waals surface area contributed by atoms with Gasteiger partial charge in [-0.15, -0.1) is 5.92 Å². The summed E-state index contributed by atoms with van der Waals surface area (Å²) < 4.78 is 11.4. The third-order valence-corrected chi connectivity index (χ3v) is 10.1. The van der Waals surface area contributed by atoms with E-state index in [0.717, 1.165) is 0 Å². The van der Waals surface area contributed by atoms with Gasteiger partial charge in [-0.05, 0) is 15.4 Å². The zero-order valence-electron chi connectivity index (χ0n) is 19.0. The summed E-state index contributed by atoms with van der Waals surface area (Å²) in [7, 11) is -1.10. The Hall–Kier alpha value is -2.79. The molecule has 0 amide bonds. The average molecular weight is 433 g/mol. The molecule has 0 N–H and O–H groups in total. The van der Waals surface area contributed by atoms with Crippen LogP contribution in [0.2, 0.25) is 5.04 Å². The average Bonchev–Trinajstić information content (AvgIpc) is 2.77. The van der Waals surface area contributed by atoms with Crippen molar-refractivity contribution < 1.29 is 14.0 Å². The van der Waals surface area contributed by atoms with E-state index < -0.39 is 8.32 Å². The molecule has 0 radical (unpaired) electrons. The van der Waals surface area contributed by atoms with Gasteiger partial charge in [0.25, 0.3) is 8.32 Å². The predicted octanol–water partition coefficient (Wildman–Crippen LogP) is 4.30. The Morgan fingerprint density at radius 1 is 0.839 bits per heavy atom. The molecule has 31 heavy (non-hydrogen) atoms. The van der Waals surface area contributed by atoms with Crippen LogP contribution in [0, 0.1) is 23.7 Å². The second-order valence-corrected chi connectivity index (χ2v) is 12.5. The fraction of sp³-hybridized carbons (Fsp3) is 0.370. The molecule has 0 aliphatic carbocycles. The highest BCUT2D eigenvalue weighted by Gasteiger charge is 2.49. The number of hydrogen-bond acceptors (Lipinski definition) is 3. The van der Waals surface area contributed by atoms with Crippen molar-refractivity contribution >= 4 is 24.7 Å². The van der Waals surface area contributed by atoms with Crippen molar-refractivity contribution in [1.29, 1.82) is 0 Å². The van der Waals surface area contributed by atoms with Crippen molar-refractivity contribution in [2.45, 2.75) is 51.5 Å². The molecule has 0 spiro atoms. The molecule has 2 aromatic rings. The maximum atomic E-state index is 11.0. The number of rotatable bonds is 7. The van der Waals surface area contributed by atoms with Crippen molar-refractivity contribution in [2.75, 3.05) is 13.7 Å². The summed E-state index contributed by atoms with van der Waals surface area (Å²) in [6, 6.07) is 21.2. The molecule has 0 atom stereocenters. The zero-order valence-corrected chi connectivity index (χ0v) is 20.0. The van der Waals surface area contributed by atoms with E-state index in [1.807, 2.05) is 12.1 Å². The van der Waals surface area contributed by atoms with Crippen LogP contribution in [0.4, 0.5) is 0 Å². The molecular weight excluding hydrogens is 400 g/mol. The third kappa shape index (κ3) is 6.86. The minimum Gasteiger partial charge on any atom is -0.469 e. The van der Waals surface area contributed by atoms with Crippen LogP contribution in [0.3, 0.4) is 0 Å². The molecule has 0 aliphatic rings. The standard InChI is InChI=1S/C27H32O3Si/c1-27(2,3)31(24-18-12-10-13-19-24,25-20-14-11-15-21-25)30-23-17-9-7-5-6-8-16-22-26(28)29-4/h10-15,18-21H,5,16-17,22-23H2,1-4H3. The number of carbonyl (C=O) groups excluding carboxylic acids is 1. The molecule has 0 saturated carbocycles. The summed E-state index contributed by atoms with van der Waals surface area (Å²) >= 11 is 0. The van der Waals surface area contributed by atoms with Gasteiger partial charge >= 0.3 is 5.97 Å². The third-order valence-electron chi connectivity index (χ3n) is 5.07. The highest BCUT2D eigenvalue weighted by molar-refractivity contribution is 6.99. The minimum atomic E-state index is -2.49. The molecule has 0 aromatic heterocycles. The Labute approximate surface area is 188 Å². The Balaban J connectivity index is 2.08. The highest BCUT2D eigenvalue weighted by Crippen LogP contribution is 2.36. The van der Waals surface area contributed by atoms with Gasteiger partial charge in [-0.3, -0.25) is 4.79 Å². The summed E-state index contributed by atoms with van der Waals surface area (Å²) in [4.78, 5) is 11.0. The van der Waals surface area contributed by atoms with E-state index in [4.69, 9.17) is 4.43 Å². The van der Waals surface area contributed by atoms with Gasteiger partial charge in [0.1, 0.15) is 0 Å². The molecule has 3 nitrogen and oxygen atoms in total. The lowest BCUT2D eigenvalue weighted by molar-refractivity contribution is -0.140. The number of carbonyl (C=O) groups is 1. The quantitative estimate of drug-likeness (QED) is 0.283. The van der Waals surface area contributed by atoms with Crippen LogP contribution in [0.1, 0.15) is 46.5 Å². The maximum Gasteiger partial charge on any atom is 0.306 e. The monoisotopic (exact) mass is 432 g/mol. The SMILES string of the molecule is COC(=O)CCC#CCC#CCCO[Si](c1ccccc1)(c1ccccc1)C(C)(C)C. The van der Waals surface area contributed by atoms with Crippen molar-refractivity contribution in [3.8, 4) is 23.7 Å². The maximum absolute atomic E-state index is 11.0. The molecular formula is C27H32O3Si. The Kier molecular flexibility index (Phi) is 9.60. The van der Waals surface area contributed by atoms with Gasteiger partial charge in [-0.25, -0.2) is 0 Å². The Bertz CT molecular complexity index is 899. The van der Waals surface area contributed by atoms with E-state index in [-0.39, 0.29) is 11.0 Å². The van der Waals surface area contributed by atoms with Gasteiger partial charge < -0.3 is 9.16 Å². The van der Waals surface area contributed by atoms with E-state index in [2.05, 4.69) is 97.7 Å². The van der Waals surface area contributed by atoms with E-state index in [0.29, 0.717) is 32.3 Å².